The van der Waals surface area contributed by atoms with Crippen LogP contribution in [-0.4, -0.2) is 28.0 Å². The van der Waals surface area contributed by atoms with Crippen molar-refractivity contribution in [3.05, 3.63) is 17.0 Å². The molecule has 0 amide bonds. The van der Waals surface area contributed by atoms with E-state index in [-0.39, 0.29) is 10.2 Å². The minimum absolute atomic E-state index is 0.142. The zero-order chi connectivity index (χ0) is 15.0. The third-order valence-electron chi connectivity index (χ3n) is 2.53. The van der Waals surface area contributed by atoms with Crippen LogP contribution in [-0.2, 0) is 19.6 Å². The van der Waals surface area contributed by atoms with Crippen molar-refractivity contribution in [1.29, 1.82) is 5.26 Å². The standard InChI is InChI=1S/C12H16N2O4S2/c1-18-11(15)5-3-2-4-8-14-20(16,17)12-7-6-10(9-13)19-12/h6-7,14H,2-5,8H2,1H3. The predicted molar refractivity (Wildman–Crippen MR) is 74.7 cm³/mol. The second-order valence-electron chi connectivity index (χ2n) is 4.02. The Kier molecular flexibility index (Phi) is 6.64. The number of thiophene rings is 1. The molecular weight excluding hydrogens is 300 g/mol. The van der Waals surface area contributed by atoms with Crippen LogP contribution in [0.15, 0.2) is 16.3 Å². The highest BCUT2D eigenvalue weighted by molar-refractivity contribution is 7.91. The van der Waals surface area contributed by atoms with E-state index in [1.54, 1.807) is 0 Å². The number of nitrogens with one attached hydrogen (secondary N) is 1. The fraction of sp³-hybridized carbons (Fsp3) is 0.500. The van der Waals surface area contributed by atoms with Crippen LogP contribution in [0, 0.1) is 11.3 Å². The van der Waals surface area contributed by atoms with Crippen LogP contribution in [0.3, 0.4) is 0 Å². The molecule has 0 atom stereocenters. The number of esters is 1. The first-order valence-electron chi connectivity index (χ1n) is 6.06. The van der Waals surface area contributed by atoms with Crippen molar-refractivity contribution in [3.8, 4) is 6.07 Å². The number of sulfonamides is 1. The molecule has 0 saturated carbocycles. The largest absolute Gasteiger partial charge is 0.469 e. The number of carbonyl (C=O) groups excluding carboxylic acids is 1. The van der Waals surface area contributed by atoms with E-state index in [4.69, 9.17) is 5.26 Å². The molecule has 110 valence electrons. The zero-order valence-electron chi connectivity index (χ0n) is 11.1. The molecule has 0 aliphatic carbocycles. The van der Waals surface area contributed by atoms with E-state index in [0.29, 0.717) is 30.7 Å². The SMILES string of the molecule is COC(=O)CCCCCNS(=O)(=O)c1ccc(C#N)s1. The van der Waals surface area contributed by atoms with Gasteiger partial charge < -0.3 is 4.74 Å². The summed E-state index contributed by atoms with van der Waals surface area (Å²) in [5.74, 6) is -0.256. The van der Waals surface area contributed by atoms with Gasteiger partial charge in [-0.2, -0.15) is 5.26 Å². The van der Waals surface area contributed by atoms with Crippen LogP contribution in [0.2, 0.25) is 0 Å². The van der Waals surface area contributed by atoms with E-state index in [9.17, 15) is 13.2 Å². The highest BCUT2D eigenvalue weighted by Gasteiger charge is 2.15. The smallest absolute Gasteiger partial charge is 0.305 e. The lowest BCUT2D eigenvalue weighted by atomic mass is 10.2. The number of hydrogen-bond acceptors (Lipinski definition) is 6. The fourth-order valence-corrected chi connectivity index (χ4v) is 3.70. The number of carbonyl (C=O) groups is 1. The lowest BCUT2D eigenvalue weighted by molar-refractivity contribution is -0.140. The van der Waals surface area contributed by atoms with Gasteiger partial charge in [0.15, 0.2) is 0 Å². The van der Waals surface area contributed by atoms with Crippen molar-refractivity contribution in [1.82, 2.24) is 4.72 Å². The third-order valence-corrected chi connectivity index (χ3v) is 5.48. The minimum Gasteiger partial charge on any atom is -0.469 e. The second kappa shape index (κ2) is 7.99. The van der Waals surface area contributed by atoms with Crippen molar-refractivity contribution in [2.75, 3.05) is 13.7 Å². The Hall–Kier alpha value is -1.43. The summed E-state index contributed by atoms with van der Waals surface area (Å²) in [4.78, 5) is 11.2. The molecule has 1 heterocycles. The Morgan fingerprint density at radius 1 is 1.40 bits per heavy atom. The predicted octanol–water partition coefficient (Wildman–Crippen LogP) is 1.63. The van der Waals surface area contributed by atoms with Gasteiger partial charge in [0.25, 0.3) is 0 Å². The first kappa shape index (κ1) is 16.6. The van der Waals surface area contributed by atoms with Gasteiger partial charge in [-0.1, -0.05) is 6.42 Å². The summed E-state index contributed by atoms with van der Waals surface area (Å²) in [6, 6.07) is 4.80. The molecule has 0 aliphatic rings. The summed E-state index contributed by atoms with van der Waals surface area (Å²) >= 11 is 0.942. The Balaban J connectivity index is 2.31. The molecule has 6 nitrogen and oxygen atoms in total. The van der Waals surface area contributed by atoms with Gasteiger partial charge in [0.2, 0.25) is 10.0 Å². The molecule has 0 saturated heterocycles. The summed E-state index contributed by atoms with van der Waals surface area (Å²) in [7, 11) is -2.19. The lowest BCUT2D eigenvalue weighted by Gasteiger charge is -2.04. The van der Waals surface area contributed by atoms with Gasteiger partial charge in [-0.25, -0.2) is 13.1 Å². The van der Waals surface area contributed by atoms with Crippen LogP contribution in [0.4, 0.5) is 0 Å². The molecule has 0 unspecified atom stereocenters. The quantitative estimate of drug-likeness (QED) is 0.581. The number of nitrogens with zero attached hydrogens (tertiary/aromatic N) is 1. The Morgan fingerprint density at radius 2 is 2.15 bits per heavy atom. The third kappa shape index (κ3) is 5.28. The molecule has 0 bridgehead atoms. The number of ether oxygens (including phenoxy) is 1. The van der Waals surface area contributed by atoms with E-state index in [1.807, 2.05) is 6.07 Å². The number of unbranched alkanes of at least 4 members (excludes halogenated alkanes) is 2. The van der Waals surface area contributed by atoms with E-state index in [2.05, 4.69) is 9.46 Å². The summed E-state index contributed by atoms with van der Waals surface area (Å²) in [5, 5.41) is 8.66. The number of rotatable bonds is 8. The highest BCUT2D eigenvalue weighted by Crippen LogP contribution is 2.20. The fourth-order valence-electron chi connectivity index (χ4n) is 1.48. The molecule has 0 aliphatic heterocycles. The maximum atomic E-state index is 11.9. The Labute approximate surface area is 122 Å². The molecule has 8 heteroatoms. The molecule has 0 aromatic carbocycles. The van der Waals surface area contributed by atoms with E-state index in [1.165, 1.54) is 19.2 Å². The number of methoxy groups -OCH3 is 1. The number of hydrogen-bond donors (Lipinski definition) is 1. The molecule has 20 heavy (non-hydrogen) atoms. The maximum Gasteiger partial charge on any atom is 0.305 e. The average molecular weight is 316 g/mol. The van der Waals surface area contributed by atoms with E-state index < -0.39 is 10.0 Å². The van der Waals surface area contributed by atoms with E-state index >= 15 is 0 Å². The normalized spacial score (nSPS) is 11.0. The van der Waals surface area contributed by atoms with Gasteiger partial charge >= 0.3 is 5.97 Å². The lowest BCUT2D eigenvalue weighted by Crippen LogP contribution is -2.24. The van der Waals surface area contributed by atoms with E-state index in [0.717, 1.165) is 17.8 Å². The van der Waals surface area contributed by atoms with Crippen LogP contribution < -0.4 is 4.72 Å². The second-order valence-corrected chi connectivity index (χ2v) is 7.09. The Morgan fingerprint density at radius 3 is 2.75 bits per heavy atom. The topological polar surface area (TPSA) is 96.3 Å². The molecule has 0 fully saturated rings. The highest BCUT2D eigenvalue weighted by atomic mass is 32.2. The molecule has 1 aromatic heterocycles. The minimum atomic E-state index is -3.53. The average Bonchev–Trinajstić information content (AvgIpc) is 2.92. The molecule has 1 aromatic rings. The van der Waals surface area contributed by atoms with Crippen molar-refractivity contribution >= 4 is 27.3 Å². The summed E-state index contributed by atoms with van der Waals surface area (Å²) in [6.45, 7) is 0.309. The van der Waals surface area contributed by atoms with Gasteiger partial charge in [-0.3, -0.25) is 4.79 Å². The summed E-state index contributed by atoms with van der Waals surface area (Å²) < 4.78 is 30.8. The molecule has 1 rings (SSSR count). The van der Waals surface area contributed by atoms with Crippen LogP contribution in [0.1, 0.15) is 30.6 Å². The van der Waals surface area contributed by atoms with Gasteiger partial charge in [-0.15, -0.1) is 11.3 Å². The zero-order valence-corrected chi connectivity index (χ0v) is 12.7. The van der Waals surface area contributed by atoms with Crippen molar-refractivity contribution in [2.24, 2.45) is 0 Å². The first-order valence-corrected chi connectivity index (χ1v) is 8.36. The first-order chi connectivity index (χ1) is 9.49. The van der Waals surface area contributed by atoms with Crippen LogP contribution in [0.5, 0.6) is 0 Å². The van der Waals surface area contributed by atoms with Crippen molar-refractivity contribution in [2.45, 2.75) is 29.9 Å². The van der Waals surface area contributed by atoms with Crippen LogP contribution >= 0.6 is 11.3 Å². The van der Waals surface area contributed by atoms with Crippen molar-refractivity contribution in [3.63, 3.8) is 0 Å². The van der Waals surface area contributed by atoms with Gasteiger partial charge in [-0.05, 0) is 25.0 Å². The Bertz CT molecular complexity index is 587. The van der Waals surface area contributed by atoms with Gasteiger partial charge in [0, 0.05) is 13.0 Å². The van der Waals surface area contributed by atoms with Crippen LogP contribution in [0.25, 0.3) is 0 Å². The molecule has 0 spiro atoms. The molecular formula is C12H16N2O4S2. The van der Waals surface area contributed by atoms with Gasteiger partial charge in [0.05, 0.1) is 7.11 Å². The summed E-state index contributed by atoms with van der Waals surface area (Å²) in [6.07, 6.45) is 2.41. The van der Waals surface area contributed by atoms with Gasteiger partial charge in [0.1, 0.15) is 15.2 Å². The molecule has 1 N–H and O–H groups in total. The number of nitriles is 1. The van der Waals surface area contributed by atoms with Crippen molar-refractivity contribution < 1.29 is 17.9 Å². The maximum absolute atomic E-state index is 11.9. The summed E-state index contributed by atoms with van der Waals surface area (Å²) in [5.41, 5.74) is 0. The molecule has 0 radical (unpaired) electrons. The monoisotopic (exact) mass is 316 g/mol.